The van der Waals surface area contributed by atoms with Crippen LogP contribution in [0.15, 0.2) is 79.0 Å². The van der Waals surface area contributed by atoms with Gasteiger partial charge >= 0.3 is 0 Å². The third-order valence-electron chi connectivity index (χ3n) is 10.0. The van der Waals surface area contributed by atoms with Gasteiger partial charge in [0.15, 0.2) is 5.96 Å². The molecule has 15 N–H and O–H groups in total. The molecule has 2 aromatic carbocycles. The molecule has 3 aliphatic rings. The maximum atomic E-state index is 5.97. The molecule has 3 fully saturated rings. The van der Waals surface area contributed by atoms with Gasteiger partial charge in [0.2, 0.25) is 0 Å². The van der Waals surface area contributed by atoms with E-state index in [1.165, 1.54) is 32.2 Å². The summed E-state index contributed by atoms with van der Waals surface area (Å²) < 4.78 is 29.4. The summed E-state index contributed by atoms with van der Waals surface area (Å²) in [6.07, 6.45) is 6.89. The molecule has 0 unspecified atom stereocenters. The summed E-state index contributed by atoms with van der Waals surface area (Å²) in [7, 11) is 15.5. The van der Waals surface area contributed by atoms with Gasteiger partial charge in [-0.1, -0.05) is 62.9 Å². The van der Waals surface area contributed by atoms with Crippen molar-refractivity contribution in [3.05, 3.63) is 85.2 Å². The average molecular weight is 1100 g/mol. The summed E-state index contributed by atoms with van der Waals surface area (Å²) in [6.45, 7) is 37.2. The van der Waals surface area contributed by atoms with Crippen molar-refractivity contribution < 1.29 is 33.3 Å². The van der Waals surface area contributed by atoms with Gasteiger partial charge in [-0.3, -0.25) is 0 Å². The number of rotatable bonds is 21. The van der Waals surface area contributed by atoms with E-state index >= 15 is 0 Å². The van der Waals surface area contributed by atoms with E-state index < -0.39 is 0 Å². The van der Waals surface area contributed by atoms with Crippen molar-refractivity contribution in [2.75, 3.05) is 213 Å². The predicted molar refractivity (Wildman–Crippen MR) is 325 cm³/mol. The van der Waals surface area contributed by atoms with Crippen LogP contribution in [0.25, 0.3) is 0 Å². The van der Waals surface area contributed by atoms with E-state index in [-0.39, 0.29) is 4.92 Å². The van der Waals surface area contributed by atoms with Gasteiger partial charge in [0, 0.05) is 105 Å². The number of methoxy groups -OCH3 is 3. The van der Waals surface area contributed by atoms with E-state index in [1.54, 1.807) is 27.4 Å². The van der Waals surface area contributed by atoms with Crippen LogP contribution in [0, 0.1) is 19.4 Å². The number of likely N-dealkylation sites (N-methyl/N-ethyl adjacent to an activating group) is 4. The molecule has 0 aliphatic carbocycles. The number of nitrogens with two attached hydrogens (primary N) is 5. The number of morpholine rings is 2. The number of aliphatic imine (C=N–C) groups is 1. The number of benzene rings is 2. The number of hydrogen-bond acceptors (Lipinski definition) is 17. The van der Waals surface area contributed by atoms with E-state index in [1.807, 2.05) is 62.4 Å². The van der Waals surface area contributed by atoms with Crippen LogP contribution in [0.5, 0.6) is 0 Å². The zero-order chi connectivity index (χ0) is 59.0. The molecular weight excluding hydrogens is 981 g/mol. The quantitative estimate of drug-likeness (QED) is 0.00983. The normalized spacial score (nSPS) is 13.3. The first-order valence-electron chi connectivity index (χ1n) is 26.9. The second-order valence-electron chi connectivity index (χ2n) is 17.4. The zero-order valence-corrected chi connectivity index (χ0v) is 50.6. The van der Waals surface area contributed by atoms with Crippen LogP contribution in [-0.2, 0) is 28.4 Å². The van der Waals surface area contributed by atoms with Crippen LogP contribution in [-0.4, -0.2) is 238 Å². The number of nitrogens with zero attached hydrogens (tertiary/aromatic N) is 6. The molecule has 3 heterocycles. The number of aryl methyl sites for hydroxylation is 2. The van der Waals surface area contributed by atoms with E-state index in [0.717, 1.165) is 160 Å². The van der Waals surface area contributed by atoms with E-state index in [0.29, 0.717) is 12.5 Å². The second kappa shape index (κ2) is 67.7. The molecule has 0 spiro atoms. The fourth-order valence-corrected chi connectivity index (χ4v) is 5.40. The third-order valence-corrected chi connectivity index (χ3v) is 10.0. The van der Waals surface area contributed by atoms with E-state index in [2.05, 4.69) is 120 Å². The highest BCUT2D eigenvalue weighted by atomic mass is 16.5. The highest BCUT2D eigenvalue weighted by Gasteiger charge is 2.03. The Hall–Kier alpha value is -4.37. The van der Waals surface area contributed by atoms with Crippen LogP contribution in [0.2, 0.25) is 0 Å². The predicted octanol–water partition coefficient (Wildman–Crippen LogP) is 3.64. The highest BCUT2D eigenvalue weighted by Crippen LogP contribution is 2.18. The van der Waals surface area contributed by atoms with Gasteiger partial charge in [-0.25, -0.2) is 4.99 Å². The number of anilines is 1. The molecule has 452 valence electrons. The van der Waals surface area contributed by atoms with Crippen molar-refractivity contribution >= 4 is 17.3 Å². The highest BCUT2D eigenvalue weighted by molar-refractivity contribution is 5.94. The Balaban J connectivity index is -0.000000260. The molecule has 3 saturated heterocycles. The lowest BCUT2D eigenvalue weighted by Gasteiger charge is -2.21. The molecule has 0 amide bonds. The second-order valence-corrected chi connectivity index (χ2v) is 17.4. The molecule has 77 heavy (non-hydrogen) atoms. The van der Waals surface area contributed by atoms with Crippen LogP contribution in [0.1, 0.15) is 44.2 Å². The van der Waals surface area contributed by atoms with Crippen molar-refractivity contribution in [3.63, 3.8) is 0 Å². The smallest absolute Gasteiger partial charge is 0.198 e. The summed E-state index contributed by atoms with van der Waals surface area (Å²) >= 11 is 0. The molecule has 0 radical (unpaired) electrons. The summed E-state index contributed by atoms with van der Waals surface area (Å²) in [6, 6.07) is 15.9. The first-order chi connectivity index (χ1) is 37.0. The Morgan fingerprint density at radius 2 is 1.22 bits per heavy atom. The molecule has 0 bridgehead atoms. The summed E-state index contributed by atoms with van der Waals surface area (Å²) in [5, 5.41) is 12.6. The number of hydrazine groups is 2. The molecular formula is C55H117N16O6+. The van der Waals surface area contributed by atoms with Crippen molar-refractivity contribution in [3.8, 4) is 0 Å². The van der Waals surface area contributed by atoms with E-state index in [9.17, 15) is 0 Å². The summed E-state index contributed by atoms with van der Waals surface area (Å²) in [4.78, 5) is 13.6. The minimum absolute atomic E-state index is 0.250. The zero-order valence-electron chi connectivity index (χ0n) is 50.6. The fourth-order valence-electron chi connectivity index (χ4n) is 5.40. The maximum Gasteiger partial charge on any atom is 0.198 e. The number of para-hydroxylation sites is 2. The maximum absolute atomic E-state index is 5.97. The first kappa shape index (κ1) is 81.5. The summed E-state index contributed by atoms with van der Waals surface area (Å²) in [5.41, 5.74) is 26.0. The van der Waals surface area contributed by atoms with Crippen LogP contribution < -0.4 is 50.2 Å². The first-order valence-corrected chi connectivity index (χ1v) is 26.9. The molecule has 22 nitrogen and oxygen atoms in total. The number of ether oxygens (including phenoxy) is 6. The van der Waals surface area contributed by atoms with Gasteiger partial charge in [0.1, 0.15) is 4.92 Å². The lowest BCUT2D eigenvalue weighted by molar-refractivity contribution is -0.638. The standard InChI is InChI=1S/C15H17N3.C8H17NO.C6H16N2.C6H15NO2.C5H11NO.C4H9NO.C4H11NO.C4H9N.C3H7N.H5N4/c1-11-7-3-5-9-13(11)17-15(16)18-14-10-6-4-8-12(14)2;1-4-9(5-2)7-8-10-6-3;1-7(2)5-6-8(3)4;1-8-5-3-7-4-6-9-2;1-6-2-4-7-5-3-6;1-3-6-4-2-5-1;1-6-4-2-3-5;1-2-4-5-3-1;1-2-3-4;1-4(2)3/h3-10H,1-2H3,(H3,16,17,18);6H,3-5,7-8H2,1-2H3;5-6H2,1-4H3;7H,3-6H2,1-2H3;2-5H2,1H3;5H,1-4H2;2-5H2,1H3;5H,1-4H2;2H,1,3-4H2;(H5,1,2,3)/q;;;;;;;;;+1. The van der Waals surface area contributed by atoms with Gasteiger partial charge < -0.3 is 86.5 Å². The average Bonchev–Trinajstić information content (AvgIpc) is 4.03. The number of guanidine groups is 1. The number of nitrogens with one attached hydrogen (secondary N) is 5. The monoisotopic (exact) mass is 1100 g/mol. The van der Waals surface area contributed by atoms with Crippen LogP contribution >= 0.6 is 0 Å². The minimum atomic E-state index is 0.250. The Morgan fingerprint density at radius 3 is 1.55 bits per heavy atom. The van der Waals surface area contributed by atoms with E-state index in [4.69, 9.17) is 51.2 Å². The van der Waals surface area contributed by atoms with Crippen molar-refractivity contribution in [2.24, 2.45) is 33.9 Å². The van der Waals surface area contributed by atoms with Crippen LogP contribution in [0.3, 0.4) is 0 Å². The van der Waals surface area contributed by atoms with Crippen molar-refractivity contribution in [1.82, 2.24) is 35.6 Å². The molecule has 22 heteroatoms. The summed E-state index contributed by atoms with van der Waals surface area (Å²) in [5.74, 6) is 9.18. The van der Waals surface area contributed by atoms with Crippen molar-refractivity contribution in [1.29, 1.82) is 5.53 Å². The van der Waals surface area contributed by atoms with Gasteiger partial charge in [-0.15, -0.1) is 6.58 Å². The Bertz CT molecular complexity index is 1490. The lowest BCUT2D eigenvalue weighted by atomic mass is 10.2. The fraction of sp³-hybridized carbons (Fsp3) is 0.691. The molecule has 2 aromatic rings. The van der Waals surface area contributed by atoms with Gasteiger partial charge in [-0.05, 0) is 124 Å². The van der Waals surface area contributed by atoms with Gasteiger partial charge in [0.05, 0.1) is 58.2 Å². The molecule has 3 aliphatic heterocycles. The topological polar surface area (TPSA) is 286 Å². The Kier molecular flexibility index (Phi) is 71.7. The van der Waals surface area contributed by atoms with Crippen molar-refractivity contribution in [2.45, 2.75) is 47.0 Å². The molecule has 0 aromatic heterocycles. The Morgan fingerprint density at radius 1 is 0.753 bits per heavy atom. The van der Waals surface area contributed by atoms with Crippen LogP contribution in [0.4, 0.5) is 11.4 Å². The van der Waals surface area contributed by atoms with Gasteiger partial charge in [0.25, 0.3) is 0 Å². The largest absolute Gasteiger partial charge is 0.500 e. The third kappa shape index (κ3) is 73.7. The SMILES string of the molecule is C1CCNC1.C1COCCN1.C=CCN.C=COCCN(CC)CC.CN(C)CCN(C)C.CN1CCOCC1.COCCCN.COCCNCCOC.Cc1ccccc1N=C(N)Nc1ccccc1C.N=[N+](N)N. The van der Waals surface area contributed by atoms with Gasteiger partial charge in [-0.2, -0.15) is 11.7 Å². The Labute approximate surface area is 469 Å². The number of hydrogen-bond donors (Lipinski definition) is 10. The minimum Gasteiger partial charge on any atom is -0.500 e. The molecule has 0 saturated carbocycles. The lowest BCUT2D eigenvalue weighted by Crippen LogP contribution is -2.32. The molecule has 5 rings (SSSR count). The molecule has 0 atom stereocenters.